The Balaban J connectivity index is 2.48. The molecule has 1 heterocycles. The smallest absolute Gasteiger partial charge is 0.318 e. The summed E-state index contributed by atoms with van der Waals surface area (Å²) in [5.74, 6) is -0.148. The second-order valence-corrected chi connectivity index (χ2v) is 5.66. The van der Waals surface area contributed by atoms with Crippen molar-refractivity contribution in [2.45, 2.75) is 38.3 Å². The maximum Gasteiger partial charge on any atom is 0.318 e. The third-order valence-corrected chi connectivity index (χ3v) is 4.38. The van der Waals surface area contributed by atoms with Crippen LogP contribution in [0.3, 0.4) is 0 Å². The lowest BCUT2D eigenvalue weighted by molar-refractivity contribution is 0.0372. The average molecular weight is 296 g/mol. The van der Waals surface area contributed by atoms with Crippen molar-refractivity contribution in [3.8, 4) is 0 Å². The van der Waals surface area contributed by atoms with Gasteiger partial charge < -0.3 is 15.6 Å². The lowest BCUT2D eigenvalue weighted by Crippen LogP contribution is -2.46. The van der Waals surface area contributed by atoms with E-state index in [0.29, 0.717) is 6.42 Å². The van der Waals surface area contributed by atoms with Crippen LogP contribution in [0.15, 0.2) is 30.5 Å². The summed E-state index contributed by atoms with van der Waals surface area (Å²) in [5, 5.41) is 1.07. The monoisotopic (exact) mass is 296 g/mol. The number of aromatic nitrogens is 1. The van der Waals surface area contributed by atoms with Crippen LogP contribution in [0.5, 0.6) is 0 Å². The van der Waals surface area contributed by atoms with Crippen molar-refractivity contribution in [2.75, 3.05) is 0 Å². The molecule has 0 saturated heterocycles. The summed E-state index contributed by atoms with van der Waals surface area (Å²) < 4.78 is 16.3. The van der Waals surface area contributed by atoms with Gasteiger partial charge in [-0.15, -0.1) is 0 Å². The van der Waals surface area contributed by atoms with E-state index >= 15 is 0 Å². The summed E-state index contributed by atoms with van der Waals surface area (Å²) in [6, 6.07) is 7.93. The van der Waals surface area contributed by atoms with Crippen LogP contribution in [-0.4, -0.2) is 15.6 Å². The average Bonchev–Trinajstić information content (AvgIpc) is 2.83. The summed E-state index contributed by atoms with van der Waals surface area (Å²) in [4.78, 5) is 12.3. The normalized spacial score (nSPS) is 17.8. The summed E-state index contributed by atoms with van der Waals surface area (Å²) in [7, 11) is -3.09. The predicted octanol–water partition coefficient (Wildman–Crippen LogP) is 3.13. The van der Waals surface area contributed by atoms with Gasteiger partial charge in [-0.05, 0) is 24.5 Å². The van der Waals surface area contributed by atoms with E-state index in [1.807, 2.05) is 44.3 Å². The summed E-state index contributed by atoms with van der Waals surface area (Å²) >= 11 is 0. The zero-order valence-corrected chi connectivity index (χ0v) is 12.7. The van der Waals surface area contributed by atoms with E-state index in [2.05, 4.69) is 4.98 Å². The highest BCUT2D eigenvalue weighted by Gasteiger charge is 2.37. The Morgan fingerprint density at radius 3 is 2.75 bits per heavy atom. The molecule has 0 radical (unpaired) electrons. The first-order valence-corrected chi connectivity index (χ1v) is 8.05. The SMILES string of the molecule is CCC(c1c[nH]c2ccccc12)C(N)(CC)O[PH](=O)O. The molecule has 3 atom stereocenters. The number of para-hydroxylation sites is 1. The summed E-state index contributed by atoms with van der Waals surface area (Å²) in [6.45, 7) is 3.87. The molecule has 0 bridgehead atoms. The molecule has 3 unspecified atom stereocenters. The molecular formula is C14H21N2O3P. The number of fused-ring (bicyclic) bond motifs is 1. The summed E-state index contributed by atoms with van der Waals surface area (Å²) in [5.41, 5.74) is 7.18. The van der Waals surface area contributed by atoms with Crippen LogP contribution in [0.2, 0.25) is 0 Å². The quantitative estimate of drug-likeness (QED) is 0.564. The maximum absolute atomic E-state index is 11.1. The van der Waals surface area contributed by atoms with Gasteiger partial charge in [-0.1, -0.05) is 32.0 Å². The van der Waals surface area contributed by atoms with Gasteiger partial charge in [-0.3, -0.25) is 9.09 Å². The lowest BCUT2D eigenvalue weighted by Gasteiger charge is -2.35. The topological polar surface area (TPSA) is 88.3 Å². The molecule has 110 valence electrons. The Labute approximate surface area is 119 Å². The molecule has 4 N–H and O–H groups in total. The van der Waals surface area contributed by atoms with Crippen molar-refractivity contribution in [2.24, 2.45) is 5.73 Å². The van der Waals surface area contributed by atoms with Gasteiger partial charge in [0.2, 0.25) is 0 Å². The molecule has 2 rings (SSSR count). The van der Waals surface area contributed by atoms with E-state index in [0.717, 1.165) is 22.9 Å². The largest absolute Gasteiger partial charge is 0.361 e. The molecule has 20 heavy (non-hydrogen) atoms. The Morgan fingerprint density at radius 2 is 2.15 bits per heavy atom. The number of benzene rings is 1. The van der Waals surface area contributed by atoms with Gasteiger partial charge in [0.25, 0.3) is 0 Å². The predicted molar refractivity (Wildman–Crippen MR) is 80.8 cm³/mol. The van der Waals surface area contributed by atoms with E-state index < -0.39 is 14.0 Å². The fourth-order valence-electron chi connectivity index (χ4n) is 2.76. The van der Waals surface area contributed by atoms with Crippen molar-refractivity contribution in [1.82, 2.24) is 4.98 Å². The molecule has 1 aromatic heterocycles. The van der Waals surface area contributed by atoms with Gasteiger partial charge in [0.1, 0.15) is 5.72 Å². The molecule has 2 aromatic rings. The van der Waals surface area contributed by atoms with Crippen molar-refractivity contribution >= 4 is 19.2 Å². The molecule has 1 aromatic carbocycles. The highest BCUT2D eigenvalue weighted by atomic mass is 31.1. The molecule has 0 amide bonds. The van der Waals surface area contributed by atoms with Crippen molar-refractivity contribution < 1.29 is 14.0 Å². The van der Waals surface area contributed by atoms with Gasteiger partial charge >= 0.3 is 8.25 Å². The van der Waals surface area contributed by atoms with Crippen LogP contribution in [-0.2, 0) is 9.09 Å². The number of hydrogen-bond acceptors (Lipinski definition) is 3. The number of nitrogens with two attached hydrogens (primary N) is 1. The number of H-pyrrole nitrogens is 1. The van der Waals surface area contributed by atoms with Crippen LogP contribution in [0.1, 0.15) is 38.2 Å². The van der Waals surface area contributed by atoms with Crippen LogP contribution in [0, 0.1) is 0 Å². The van der Waals surface area contributed by atoms with Gasteiger partial charge in [-0.2, -0.15) is 0 Å². The van der Waals surface area contributed by atoms with Crippen LogP contribution in [0.4, 0.5) is 0 Å². The standard InChI is InChI=1S/C14H21N2O3P/c1-3-12(14(15,4-2)19-20(17)18)11-9-16-13-8-6-5-7-10(11)13/h5-9,12,16,20H,3-4,15H2,1-2H3,(H,17,18). The van der Waals surface area contributed by atoms with Crippen molar-refractivity contribution in [3.63, 3.8) is 0 Å². The molecule has 0 spiro atoms. The minimum atomic E-state index is -3.09. The van der Waals surface area contributed by atoms with Crippen LogP contribution >= 0.6 is 8.25 Å². The van der Waals surface area contributed by atoms with Crippen molar-refractivity contribution in [1.29, 1.82) is 0 Å². The Hall–Kier alpha value is -1.13. The first kappa shape index (κ1) is 15.3. The van der Waals surface area contributed by atoms with Crippen LogP contribution in [0.25, 0.3) is 10.9 Å². The first-order valence-electron chi connectivity index (χ1n) is 6.78. The third-order valence-electron chi connectivity index (χ3n) is 3.82. The lowest BCUT2D eigenvalue weighted by atomic mass is 9.85. The van der Waals surface area contributed by atoms with Crippen LogP contribution < -0.4 is 5.73 Å². The Bertz CT molecular complexity index is 613. The fraction of sp³-hybridized carbons (Fsp3) is 0.429. The van der Waals surface area contributed by atoms with E-state index in [1.165, 1.54) is 0 Å². The Morgan fingerprint density at radius 1 is 1.45 bits per heavy atom. The van der Waals surface area contributed by atoms with Gasteiger partial charge in [-0.25, -0.2) is 0 Å². The first-order chi connectivity index (χ1) is 9.51. The highest BCUT2D eigenvalue weighted by Crippen LogP contribution is 2.40. The zero-order chi connectivity index (χ0) is 14.8. The minimum absolute atomic E-state index is 0.148. The molecular weight excluding hydrogens is 275 g/mol. The second kappa shape index (κ2) is 6.10. The number of rotatable bonds is 6. The third kappa shape index (κ3) is 2.81. The number of hydrogen-bond donors (Lipinski definition) is 3. The molecule has 0 aliphatic rings. The Kier molecular flexibility index (Phi) is 4.66. The van der Waals surface area contributed by atoms with Gasteiger partial charge in [0.15, 0.2) is 0 Å². The molecule has 5 nitrogen and oxygen atoms in total. The van der Waals surface area contributed by atoms with E-state index in [1.54, 1.807) is 0 Å². The summed E-state index contributed by atoms with van der Waals surface area (Å²) in [6.07, 6.45) is 3.09. The van der Waals surface area contributed by atoms with Gasteiger partial charge in [0.05, 0.1) is 0 Å². The van der Waals surface area contributed by atoms with E-state index in [4.69, 9.17) is 15.2 Å². The number of nitrogens with one attached hydrogen (secondary N) is 1. The minimum Gasteiger partial charge on any atom is -0.361 e. The van der Waals surface area contributed by atoms with E-state index in [9.17, 15) is 4.57 Å². The second-order valence-electron chi connectivity index (χ2n) is 4.93. The fourth-order valence-corrected chi connectivity index (χ4v) is 3.37. The molecule has 0 aliphatic carbocycles. The molecule has 6 heteroatoms. The maximum atomic E-state index is 11.1. The number of aromatic amines is 1. The van der Waals surface area contributed by atoms with Crippen molar-refractivity contribution in [3.05, 3.63) is 36.0 Å². The molecule has 0 aliphatic heterocycles. The molecule has 0 saturated carbocycles. The highest BCUT2D eigenvalue weighted by molar-refractivity contribution is 7.32. The van der Waals surface area contributed by atoms with E-state index in [-0.39, 0.29) is 5.92 Å². The zero-order valence-electron chi connectivity index (χ0n) is 11.7. The van der Waals surface area contributed by atoms with Gasteiger partial charge in [0, 0.05) is 23.0 Å². The molecule has 0 fully saturated rings.